The van der Waals surface area contributed by atoms with Gasteiger partial charge in [0.05, 0.1) is 6.10 Å². The average molecular weight is 525 g/mol. The second kappa shape index (κ2) is 14.1. The van der Waals surface area contributed by atoms with Gasteiger partial charge in [-0.1, -0.05) is 54.1 Å². The predicted octanol–water partition coefficient (Wildman–Crippen LogP) is 6.10. The van der Waals surface area contributed by atoms with Crippen molar-refractivity contribution in [3.05, 3.63) is 107 Å². The predicted molar refractivity (Wildman–Crippen MR) is 150 cm³/mol. The Labute approximate surface area is 224 Å². The van der Waals surface area contributed by atoms with E-state index >= 15 is 0 Å². The van der Waals surface area contributed by atoms with Gasteiger partial charge in [0, 0.05) is 50.1 Å². The molecular formula is C31H38F2N2OS. The molecule has 0 saturated carbocycles. The largest absolute Gasteiger partial charge is 0.391 e. The molecule has 37 heavy (non-hydrogen) atoms. The topological polar surface area (TPSA) is 26.7 Å². The molecule has 1 fully saturated rings. The number of aryl methyl sites for hydroxylation is 1. The van der Waals surface area contributed by atoms with Crippen molar-refractivity contribution in [2.24, 2.45) is 0 Å². The van der Waals surface area contributed by atoms with Gasteiger partial charge in [0.1, 0.15) is 11.6 Å². The van der Waals surface area contributed by atoms with Crippen molar-refractivity contribution in [3.8, 4) is 0 Å². The fourth-order valence-corrected chi connectivity index (χ4v) is 5.90. The molecule has 1 aliphatic rings. The van der Waals surface area contributed by atoms with Crippen LogP contribution in [-0.4, -0.2) is 66.0 Å². The zero-order chi connectivity index (χ0) is 26.0. The number of β-amino-alcohol motifs (C(OH)–C–C–N with tert-alkyl or cyclic N) is 1. The molecule has 0 spiro atoms. The van der Waals surface area contributed by atoms with E-state index in [1.807, 2.05) is 24.3 Å². The first kappa shape index (κ1) is 27.8. The smallest absolute Gasteiger partial charge is 0.123 e. The molecule has 1 heterocycles. The maximum atomic E-state index is 13.5. The van der Waals surface area contributed by atoms with E-state index in [9.17, 15) is 13.9 Å². The Bertz CT molecular complexity index is 1020. The molecule has 1 atom stereocenters. The molecule has 0 amide bonds. The van der Waals surface area contributed by atoms with Crippen molar-refractivity contribution < 1.29 is 13.9 Å². The van der Waals surface area contributed by atoms with Gasteiger partial charge in [-0.3, -0.25) is 4.90 Å². The quantitative estimate of drug-likeness (QED) is 0.310. The van der Waals surface area contributed by atoms with E-state index in [1.165, 1.54) is 35.4 Å². The molecule has 0 aromatic heterocycles. The molecule has 1 aliphatic heterocycles. The Hall–Kier alpha value is -2.25. The number of halogens is 2. The molecule has 198 valence electrons. The van der Waals surface area contributed by atoms with Crippen LogP contribution in [0, 0.1) is 18.6 Å². The highest BCUT2D eigenvalue weighted by molar-refractivity contribution is 7.98. The number of piperazine rings is 1. The Morgan fingerprint density at radius 1 is 0.784 bits per heavy atom. The van der Waals surface area contributed by atoms with E-state index in [0.29, 0.717) is 0 Å². The highest BCUT2D eigenvalue weighted by Gasteiger charge is 2.20. The van der Waals surface area contributed by atoms with Gasteiger partial charge in [0.2, 0.25) is 0 Å². The van der Waals surface area contributed by atoms with Gasteiger partial charge < -0.3 is 10.0 Å². The zero-order valence-corrected chi connectivity index (χ0v) is 22.5. The van der Waals surface area contributed by atoms with E-state index in [-0.39, 0.29) is 23.7 Å². The summed E-state index contributed by atoms with van der Waals surface area (Å²) >= 11 is 1.79. The van der Waals surface area contributed by atoms with Crippen LogP contribution < -0.4 is 0 Å². The Kier molecular flexibility index (Phi) is 10.6. The van der Waals surface area contributed by atoms with Crippen molar-refractivity contribution in [2.75, 3.05) is 45.0 Å². The summed E-state index contributed by atoms with van der Waals surface area (Å²) in [6, 6.07) is 22.0. The third-order valence-corrected chi connectivity index (χ3v) is 8.30. The monoisotopic (exact) mass is 524 g/mol. The molecule has 6 heteroatoms. The van der Waals surface area contributed by atoms with Crippen LogP contribution in [0.1, 0.15) is 41.0 Å². The second-order valence-corrected chi connectivity index (χ2v) is 11.1. The second-order valence-electron chi connectivity index (χ2n) is 10.1. The van der Waals surface area contributed by atoms with Crippen LogP contribution in [-0.2, 0) is 5.75 Å². The molecule has 1 saturated heterocycles. The fraction of sp³-hybridized carbons (Fsp3) is 0.419. The molecule has 4 rings (SSSR count). The summed E-state index contributed by atoms with van der Waals surface area (Å²) in [6.07, 6.45) is 1.63. The van der Waals surface area contributed by atoms with Crippen LogP contribution in [0.3, 0.4) is 0 Å². The lowest BCUT2D eigenvalue weighted by molar-refractivity contribution is 0.0819. The summed E-state index contributed by atoms with van der Waals surface area (Å²) in [5.41, 5.74) is 4.70. The van der Waals surface area contributed by atoms with Crippen LogP contribution in [0.25, 0.3) is 0 Å². The van der Waals surface area contributed by atoms with Crippen molar-refractivity contribution in [2.45, 2.75) is 37.5 Å². The number of hydrogen-bond donors (Lipinski definition) is 1. The summed E-state index contributed by atoms with van der Waals surface area (Å²) in [6.45, 7) is 7.77. The van der Waals surface area contributed by atoms with Gasteiger partial charge in [-0.05, 0) is 67.3 Å². The van der Waals surface area contributed by atoms with E-state index in [1.54, 1.807) is 11.8 Å². The maximum Gasteiger partial charge on any atom is 0.123 e. The number of aliphatic hydroxyl groups excluding tert-OH is 1. The number of thioether (sulfide) groups is 1. The van der Waals surface area contributed by atoms with Crippen molar-refractivity contribution in [1.82, 2.24) is 9.80 Å². The van der Waals surface area contributed by atoms with Crippen molar-refractivity contribution in [3.63, 3.8) is 0 Å². The Balaban J connectivity index is 1.17. The Morgan fingerprint density at radius 3 is 1.89 bits per heavy atom. The average Bonchev–Trinajstić information content (AvgIpc) is 2.90. The molecule has 3 aromatic carbocycles. The molecule has 1 unspecified atom stereocenters. The first-order valence-electron chi connectivity index (χ1n) is 13.2. The van der Waals surface area contributed by atoms with E-state index < -0.39 is 0 Å². The van der Waals surface area contributed by atoms with E-state index in [2.05, 4.69) is 41.0 Å². The van der Waals surface area contributed by atoms with Crippen LogP contribution in [0.4, 0.5) is 8.78 Å². The first-order chi connectivity index (χ1) is 18.0. The van der Waals surface area contributed by atoms with E-state index in [4.69, 9.17) is 0 Å². The lowest BCUT2D eigenvalue weighted by atomic mass is 9.87. The first-order valence-corrected chi connectivity index (χ1v) is 14.4. The minimum Gasteiger partial charge on any atom is -0.391 e. The third-order valence-electron chi connectivity index (χ3n) is 7.15. The van der Waals surface area contributed by atoms with Crippen LogP contribution in [0.15, 0.2) is 72.8 Å². The van der Waals surface area contributed by atoms with Gasteiger partial charge in [-0.15, -0.1) is 0 Å². The summed E-state index contributed by atoms with van der Waals surface area (Å²) in [7, 11) is 0. The minimum atomic E-state index is -0.311. The molecule has 3 nitrogen and oxygen atoms in total. The summed E-state index contributed by atoms with van der Waals surface area (Å²) in [4.78, 5) is 4.86. The SMILES string of the molecule is Cc1ccc(CSCC(O)CN2CCN(CCCC(c3ccc(F)cc3)c3ccc(F)cc3)CC2)cc1. The highest BCUT2D eigenvalue weighted by Crippen LogP contribution is 2.30. The number of aliphatic hydroxyl groups is 1. The standard InChI is InChI=1S/C31H38F2N2OS/c1-24-4-6-25(7-5-24)22-37-23-30(36)21-35-19-17-34(18-20-35)16-2-3-31(26-8-12-28(32)13-9-26)27-10-14-29(33)15-11-27/h4-15,30-31,36H,2-3,16-23H2,1H3. The fourth-order valence-electron chi connectivity index (χ4n) is 4.98. The molecule has 0 aliphatic carbocycles. The number of benzene rings is 3. The molecule has 0 bridgehead atoms. The number of nitrogens with zero attached hydrogens (tertiary/aromatic N) is 2. The number of rotatable bonds is 12. The van der Waals surface area contributed by atoms with Gasteiger partial charge in [-0.25, -0.2) is 8.78 Å². The summed E-state index contributed by atoms with van der Waals surface area (Å²) in [5.74, 6) is 1.32. The molecule has 1 N–H and O–H groups in total. The third kappa shape index (κ3) is 8.92. The van der Waals surface area contributed by atoms with Crippen LogP contribution >= 0.6 is 11.8 Å². The van der Waals surface area contributed by atoms with Crippen LogP contribution in [0.2, 0.25) is 0 Å². The van der Waals surface area contributed by atoms with Gasteiger partial charge >= 0.3 is 0 Å². The van der Waals surface area contributed by atoms with Crippen LogP contribution in [0.5, 0.6) is 0 Å². The maximum absolute atomic E-state index is 13.5. The van der Waals surface area contributed by atoms with Gasteiger partial charge in [0.25, 0.3) is 0 Å². The lowest BCUT2D eigenvalue weighted by Gasteiger charge is -2.35. The summed E-state index contributed by atoms with van der Waals surface area (Å²) in [5, 5.41) is 10.5. The Morgan fingerprint density at radius 2 is 1.32 bits per heavy atom. The number of hydrogen-bond acceptors (Lipinski definition) is 4. The van der Waals surface area contributed by atoms with Gasteiger partial charge in [0.15, 0.2) is 0 Å². The van der Waals surface area contributed by atoms with Crippen molar-refractivity contribution >= 4 is 11.8 Å². The molecule has 3 aromatic rings. The van der Waals surface area contributed by atoms with Crippen molar-refractivity contribution in [1.29, 1.82) is 0 Å². The highest BCUT2D eigenvalue weighted by atomic mass is 32.2. The van der Waals surface area contributed by atoms with Gasteiger partial charge in [-0.2, -0.15) is 11.8 Å². The zero-order valence-electron chi connectivity index (χ0n) is 21.7. The lowest BCUT2D eigenvalue weighted by Crippen LogP contribution is -2.49. The minimum absolute atomic E-state index is 0.120. The molecule has 0 radical (unpaired) electrons. The molecular weight excluding hydrogens is 486 g/mol. The van der Waals surface area contributed by atoms with E-state index in [0.717, 1.165) is 74.7 Å². The summed E-state index contributed by atoms with van der Waals surface area (Å²) < 4.78 is 27.0. The normalized spacial score (nSPS) is 15.8.